The van der Waals surface area contributed by atoms with Crippen LogP contribution in [0.3, 0.4) is 0 Å². The summed E-state index contributed by atoms with van der Waals surface area (Å²) in [7, 11) is 0. The molecule has 5 heteroatoms. The minimum Gasteiger partial charge on any atom is -0.462 e. The first-order valence-electron chi connectivity index (χ1n) is 12.3. The number of alkyl halides is 3. The highest BCUT2D eigenvalue weighted by Gasteiger charge is 2.31. The van der Waals surface area contributed by atoms with E-state index in [-0.39, 0.29) is 12.2 Å². The molecule has 0 N–H and O–H groups in total. The Kier molecular flexibility index (Phi) is 15.2. The molecule has 1 aromatic rings. The fourth-order valence-corrected chi connectivity index (χ4v) is 3.72. The summed E-state index contributed by atoms with van der Waals surface area (Å²) in [6, 6.07) is 4.38. The van der Waals surface area contributed by atoms with Crippen molar-refractivity contribution in [3.05, 3.63) is 35.4 Å². The monoisotopic (exact) mass is 442 g/mol. The molecule has 0 unspecified atom stereocenters. The van der Waals surface area contributed by atoms with Gasteiger partial charge in [0.2, 0.25) is 0 Å². The molecular weight excluding hydrogens is 401 g/mol. The van der Waals surface area contributed by atoms with Crippen LogP contribution in [0.15, 0.2) is 24.3 Å². The molecule has 31 heavy (non-hydrogen) atoms. The standard InChI is InChI=1S/C26H41F3O2/c1-2-3-4-5-6-7-8-9-10-11-12-13-14-15-16-17-21-31-25(30)23-19-18-20-24(22-23)26(27,28)29/h18-20,22H,2-17,21H2,1H3. The second-order valence-corrected chi connectivity index (χ2v) is 8.52. The number of ether oxygens (including phenoxy) is 1. The summed E-state index contributed by atoms with van der Waals surface area (Å²) in [5.41, 5.74) is -0.879. The van der Waals surface area contributed by atoms with E-state index < -0.39 is 17.7 Å². The van der Waals surface area contributed by atoms with E-state index in [0.29, 0.717) is 0 Å². The molecule has 178 valence electrons. The predicted molar refractivity (Wildman–Crippen MR) is 121 cm³/mol. The van der Waals surface area contributed by atoms with Gasteiger partial charge in [-0.1, -0.05) is 109 Å². The van der Waals surface area contributed by atoms with Gasteiger partial charge in [0.25, 0.3) is 0 Å². The number of carbonyl (C=O) groups excluding carboxylic acids is 1. The molecule has 0 heterocycles. The summed E-state index contributed by atoms with van der Waals surface area (Å²) in [5, 5.41) is 0. The fraction of sp³-hybridized carbons (Fsp3) is 0.731. The fourth-order valence-electron chi connectivity index (χ4n) is 3.72. The van der Waals surface area contributed by atoms with Gasteiger partial charge in [-0.25, -0.2) is 4.79 Å². The zero-order chi connectivity index (χ0) is 22.8. The summed E-state index contributed by atoms with van der Waals surface area (Å²) in [6.45, 7) is 2.51. The predicted octanol–water partition coefficient (Wildman–Crippen LogP) is 9.12. The van der Waals surface area contributed by atoms with E-state index in [2.05, 4.69) is 6.92 Å². The number of benzene rings is 1. The molecule has 0 saturated heterocycles. The largest absolute Gasteiger partial charge is 0.462 e. The van der Waals surface area contributed by atoms with Crippen LogP contribution >= 0.6 is 0 Å². The third kappa shape index (κ3) is 14.2. The average molecular weight is 443 g/mol. The van der Waals surface area contributed by atoms with Crippen LogP contribution in [0.1, 0.15) is 126 Å². The second kappa shape index (κ2) is 17.1. The van der Waals surface area contributed by atoms with Crippen molar-refractivity contribution in [3.63, 3.8) is 0 Å². The van der Waals surface area contributed by atoms with E-state index in [1.807, 2.05) is 0 Å². The highest BCUT2D eigenvalue weighted by atomic mass is 19.4. The molecular formula is C26H41F3O2. The molecule has 0 aromatic heterocycles. The molecule has 0 bridgehead atoms. The Morgan fingerprint density at radius 3 is 1.65 bits per heavy atom. The van der Waals surface area contributed by atoms with Crippen LogP contribution in [-0.4, -0.2) is 12.6 Å². The Bertz CT molecular complexity index is 584. The van der Waals surface area contributed by atoms with Crippen LogP contribution < -0.4 is 0 Å². The van der Waals surface area contributed by atoms with Crippen molar-refractivity contribution in [1.29, 1.82) is 0 Å². The van der Waals surface area contributed by atoms with Crippen molar-refractivity contribution in [2.45, 2.75) is 116 Å². The van der Waals surface area contributed by atoms with E-state index in [4.69, 9.17) is 4.74 Å². The normalized spacial score (nSPS) is 11.6. The lowest BCUT2D eigenvalue weighted by molar-refractivity contribution is -0.137. The van der Waals surface area contributed by atoms with E-state index in [0.717, 1.165) is 31.4 Å². The van der Waals surface area contributed by atoms with Gasteiger partial charge in [0.05, 0.1) is 17.7 Å². The van der Waals surface area contributed by atoms with E-state index in [1.54, 1.807) is 0 Å². The van der Waals surface area contributed by atoms with Crippen molar-refractivity contribution in [2.24, 2.45) is 0 Å². The molecule has 0 aliphatic carbocycles. The highest BCUT2D eigenvalue weighted by molar-refractivity contribution is 5.89. The van der Waals surface area contributed by atoms with E-state index in [1.165, 1.54) is 95.6 Å². The number of esters is 1. The van der Waals surface area contributed by atoms with Gasteiger partial charge in [-0.3, -0.25) is 0 Å². The van der Waals surface area contributed by atoms with Gasteiger partial charge >= 0.3 is 12.1 Å². The van der Waals surface area contributed by atoms with Gasteiger partial charge in [-0.2, -0.15) is 13.2 Å². The third-order valence-corrected chi connectivity index (χ3v) is 5.66. The van der Waals surface area contributed by atoms with Gasteiger partial charge < -0.3 is 4.74 Å². The quantitative estimate of drug-likeness (QED) is 0.167. The Labute approximate surface area is 187 Å². The number of hydrogen-bond donors (Lipinski definition) is 0. The second-order valence-electron chi connectivity index (χ2n) is 8.52. The van der Waals surface area contributed by atoms with Crippen LogP contribution in [0.25, 0.3) is 0 Å². The first kappa shape index (κ1) is 27.5. The lowest BCUT2D eigenvalue weighted by Gasteiger charge is -2.09. The van der Waals surface area contributed by atoms with Gasteiger partial charge in [-0.15, -0.1) is 0 Å². The molecule has 0 saturated carbocycles. The maximum absolute atomic E-state index is 12.7. The van der Waals surface area contributed by atoms with Gasteiger partial charge in [0.1, 0.15) is 0 Å². The molecule has 0 aliphatic heterocycles. The summed E-state index contributed by atoms with van der Waals surface area (Å²) >= 11 is 0. The lowest BCUT2D eigenvalue weighted by atomic mass is 10.0. The van der Waals surface area contributed by atoms with Crippen molar-refractivity contribution in [3.8, 4) is 0 Å². The third-order valence-electron chi connectivity index (χ3n) is 5.66. The van der Waals surface area contributed by atoms with E-state index >= 15 is 0 Å². The van der Waals surface area contributed by atoms with Gasteiger partial charge in [-0.05, 0) is 24.6 Å². The Balaban J connectivity index is 1.91. The van der Waals surface area contributed by atoms with Crippen LogP contribution in [0.2, 0.25) is 0 Å². The van der Waals surface area contributed by atoms with Crippen LogP contribution in [-0.2, 0) is 10.9 Å². The highest BCUT2D eigenvalue weighted by Crippen LogP contribution is 2.29. The van der Waals surface area contributed by atoms with Gasteiger partial charge in [0, 0.05) is 0 Å². The first-order chi connectivity index (χ1) is 14.9. The topological polar surface area (TPSA) is 26.3 Å². The summed E-state index contributed by atoms with van der Waals surface area (Å²) < 4.78 is 43.2. The average Bonchev–Trinajstić information content (AvgIpc) is 2.75. The zero-order valence-corrected chi connectivity index (χ0v) is 19.3. The molecule has 0 radical (unpaired) electrons. The summed E-state index contributed by atoms with van der Waals surface area (Å²) in [5.74, 6) is -0.688. The maximum Gasteiger partial charge on any atom is 0.416 e. The number of unbranched alkanes of at least 4 members (excludes halogenated alkanes) is 15. The summed E-state index contributed by atoms with van der Waals surface area (Å²) in [6.07, 6.45) is 15.8. The molecule has 2 nitrogen and oxygen atoms in total. The molecule has 0 atom stereocenters. The minimum absolute atomic E-state index is 0.0497. The molecule has 1 aromatic carbocycles. The van der Waals surface area contributed by atoms with Crippen molar-refractivity contribution in [2.75, 3.05) is 6.61 Å². The molecule has 0 spiro atoms. The Morgan fingerprint density at radius 1 is 0.742 bits per heavy atom. The number of carbonyl (C=O) groups is 1. The van der Waals surface area contributed by atoms with Crippen LogP contribution in [0, 0.1) is 0 Å². The molecule has 0 fully saturated rings. The number of halogens is 3. The van der Waals surface area contributed by atoms with Crippen molar-refractivity contribution >= 4 is 5.97 Å². The Hall–Kier alpha value is -1.52. The lowest BCUT2D eigenvalue weighted by Crippen LogP contribution is -2.10. The minimum atomic E-state index is -4.45. The summed E-state index contributed by atoms with van der Waals surface area (Å²) in [4.78, 5) is 11.9. The SMILES string of the molecule is CCCCCCCCCCCCCCCCCCOC(=O)c1cccc(C(F)(F)F)c1. The number of rotatable bonds is 18. The number of hydrogen-bond acceptors (Lipinski definition) is 2. The molecule has 1 rings (SSSR count). The van der Waals surface area contributed by atoms with Crippen LogP contribution in [0.4, 0.5) is 13.2 Å². The van der Waals surface area contributed by atoms with E-state index in [9.17, 15) is 18.0 Å². The van der Waals surface area contributed by atoms with Crippen molar-refractivity contribution < 1.29 is 22.7 Å². The van der Waals surface area contributed by atoms with Gasteiger partial charge in [0.15, 0.2) is 0 Å². The van der Waals surface area contributed by atoms with Crippen LogP contribution in [0.5, 0.6) is 0 Å². The zero-order valence-electron chi connectivity index (χ0n) is 19.3. The molecule has 0 amide bonds. The Morgan fingerprint density at radius 2 is 1.19 bits per heavy atom. The molecule has 0 aliphatic rings. The first-order valence-corrected chi connectivity index (χ1v) is 12.3. The van der Waals surface area contributed by atoms with Crippen molar-refractivity contribution in [1.82, 2.24) is 0 Å². The maximum atomic E-state index is 12.7. The smallest absolute Gasteiger partial charge is 0.416 e.